The third-order valence-electron chi connectivity index (χ3n) is 9.53. The first-order valence-corrected chi connectivity index (χ1v) is 16.9. The summed E-state index contributed by atoms with van der Waals surface area (Å²) in [5.41, 5.74) is -0.492. The Kier molecular flexibility index (Phi) is 9.58. The number of nitrogens with zero attached hydrogens (tertiary/aromatic N) is 4. The van der Waals surface area contributed by atoms with Crippen LogP contribution in [0.3, 0.4) is 0 Å². The minimum Gasteiger partial charge on any atom is -0.506 e. The van der Waals surface area contributed by atoms with E-state index in [1.54, 1.807) is 21.1 Å². The van der Waals surface area contributed by atoms with E-state index in [0.29, 0.717) is 38.5 Å². The molecule has 2 N–H and O–H groups in total. The van der Waals surface area contributed by atoms with Crippen molar-refractivity contribution in [2.45, 2.75) is 75.9 Å². The number of phenolic OH excluding ortho intramolecular Hbond substituents is 1. The van der Waals surface area contributed by atoms with Gasteiger partial charge < -0.3 is 34.8 Å². The van der Waals surface area contributed by atoms with Crippen LogP contribution in [0.5, 0.6) is 5.75 Å². The van der Waals surface area contributed by atoms with Crippen LogP contribution in [-0.2, 0) is 28.7 Å². The van der Waals surface area contributed by atoms with Gasteiger partial charge in [0.05, 0.1) is 22.8 Å². The lowest BCUT2D eigenvalue weighted by Gasteiger charge is -2.40. The van der Waals surface area contributed by atoms with E-state index in [4.69, 9.17) is 16.3 Å². The fourth-order valence-corrected chi connectivity index (χ4v) is 8.05. The molecule has 1 aromatic carbocycles. The van der Waals surface area contributed by atoms with Gasteiger partial charge in [0.1, 0.15) is 5.75 Å². The number of nitrogens with one attached hydrogen (secondary N) is 1. The maximum Gasteiger partial charge on any atom is 0.420 e. The second-order valence-electron chi connectivity index (χ2n) is 12.4. The number of fused-ring (bicyclic) bond motifs is 1. The second-order valence-corrected chi connectivity index (χ2v) is 13.8. The summed E-state index contributed by atoms with van der Waals surface area (Å²) in [6, 6.07) is 3.87. The number of urea groups is 1. The Morgan fingerprint density at radius 3 is 2.35 bits per heavy atom. The number of carbonyl (C=O) groups is 3. The molecule has 0 spiro atoms. The van der Waals surface area contributed by atoms with E-state index in [1.165, 1.54) is 4.90 Å². The minimum atomic E-state index is -4.88. The first kappa shape index (κ1) is 32.7. The number of anilines is 1. The molecular formula is C31H37ClF3N5O5S. The van der Waals surface area contributed by atoms with Crippen LogP contribution in [0.2, 0.25) is 5.02 Å². The zero-order chi connectivity index (χ0) is 32.6. The Balaban J connectivity index is 1.13. The molecule has 15 heteroatoms. The summed E-state index contributed by atoms with van der Waals surface area (Å²) >= 11 is 7.52. The number of phenols is 1. The van der Waals surface area contributed by atoms with Gasteiger partial charge in [-0.2, -0.15) is 13.2 Å². The monoisotopic (exact) mass is 683 g/mol. The van der Waals surface area contributed by atoms with Crippen molar-refractivity contribution in [3.63, 3.8) is 0 Å². The molecule has 5 heterocycles. The van der Waals surface area contributed by atoms with Crippen molar-refractivity contribution in [1.82, 2.24) is 19.6 Å². The number of likely N-dealkylation sites (tertiary alicyclic amines) is 3. The number of piperidine rings is 2. The fraction of sp³-hybridized carbons (Fsp3) is 0.581. The highest BCUT2D eigenvalue weighted by atomic mass is 35.5. The van der Waals surface area contributed by atoms with Gasteiger partial charge in [0, 0.05) is 49.6 Å². The van der Waals surface area contributed by atoms with Gasteiger partial charge in [-0.05, 0) is 80.8 Å². The van der Waals surface area contributed by atoms with Crippen LogP contribution in [0.25, 0.3) is 0 Å². The van der Waals surface area contributed by atoms with E-state index in [-0.39, 0.29) is 37.1 Å². The summed E-state index contributed by atoms with van der Waals surface area (Å²) in [4.78, 5) is 48.3. The topological polar surface area (TPSA) is 106 Å². The molecule has 6 rings (SSSR count). The molecule has 0 radical (unpaired) electrons. The number of ether oxygens (including phenoxy) is 1. The van der Waals surface area contributed by atoms with Crippen LogP contribution in [0, 0.1) is 0 Å². The van der Waals surface area contributed by atoms with E-state index in [0.717, 1.165) is 61.5 Å². The van der Waals surface area contributed by atoms with Crippen LogP contribution in [0.15, 0.2) is 23.6 Å². The highest BCUT2D eigenvalue weighted by molar-refractivity contribution is 7.10. The van der Waals surface area contributed by atoms with Gasteiger partial charge in [-0.15, -0.1) is 11.3 Å². The molecule has 1 aromatic heterocycles. The van der Waals surface area contributed by atoms with Crippen LogP contribution in [-0.4, -0.2) is 100 Å². The summed E-state index contributed by atoms with van der Waals surface area (Å²) in [6.45, 7) is 4.05. The predicted octanol–water partition coefficient (Wildman–Crippen LogP) is 5.77. The summed E-state index contributed by atoms with van der Waals surface area (Å²) in [7, 11) is 0. The molecular weight excluding hydrogens is 647 g/mol. The van der Waals surface area contributed by atoms with Crippen LogP contribution in [0.4, 0.5) is 28.4 Å². The Bertz CT molecular complexity index is 1450. The van der Waals surface area contributed by atoms with E-state index in [1.807, 2.05) is 11.4 Å². The smallest absolute Gasteiger partial charge is 0.420 e. The number of amides is 4. The SMILES string of the molecule is O=C(O[C@H](Cc1cc(Cl)c(O)c(C(F)(F)F)c1)C(=O)N1CCC(N2CCCC2)CC1)N1CCC(N2Cc3sccc3NC2=O)CC1. The number of alkyl halides is 3. The summed E-state index contributed by atoms with van der Waals surface area (Å²) < 4.78 is 46.7. The summed E-state index contributed by atoms with van der Waals surface area (Å²) in [5, 5.41) is 14.3. The molecule has 3 fully saturated rings. The minimum absolute atomic E-state index is 0.0102. The zero-order valence-corrected chi connectivity index (χ0v) is 26.8. The molecule has 4 aliphatic heterocycles. The Hall–Kier alpha value is -3.23. The first-order valence-electron chi connectivity index (χ1n) is 15.7. The number of hydrogen-bond donors (Lipinski definition) is 2. The molecule has 3 saturated heterocycles. The number of aromatic hydroxyl groups is 1. The number of hydrogen-bond acceptors (Lipinski definition) is 7. The lowest BCUT2D eigenvalue weighted by molar-refractivity contribution is -0.142. The van der Waals surface area contributed by atoms with Crippen molar-refractivity contribution in [2.75, 3.05) is 44.6 Å². The molecule has 0 saturated carbocycles. The van der Waals surface area contributed by atoms with Gasteiger partial charge in [0.25, 0.3) is 5.91 Å². The predicted molar refractivity (Wildman–Crippen MR) is 166 cm³/mol. The van der Waals surface area contributed by atoms with Crippen LogP contribution >= 0.6 is 22.9 Å². The van der Waals surface area contributed by atoms with Gasteiger partial charge in [0.2, 0.25) is 0 Å². The van der Waals surface area contributed by atoms with Crippen LogP contribution < -0.4 is 5.32 Å². The van der Waals surface area contributed by atoms with E-state index in [9.17, 15) is 32.7 Å². The second kappa shape index (κ2) is 13.5. The number of halogens is 4. The fourth-order valence-electron chi connectivity index (χ4n) is 6.98. The largest absolute Gasteiger partial charge is 0.506 e. The number of carbonyl (C=O) groups excluding carboxylic acids is 3. The van der Waals surface area contributed by atoms with Gasteiger partial charge in [-0.3, -0.25) is 4.79 Å². The lowest BCUT2D eigenvalue weighted by Crippen LogP contribution is -2.52. The van der Waals surface area contributed by atoms with E-state index < -0.39 is 40.6 Å². The maximum atomic E-state index is 13.8. The number of thiophene rings is 1. The van der Waals surface area contributed by atoms with Gasteiger partial charge >= 0.3 is 18.3 Å². The number of benzene rings is 1. The van der Waals surface area contributed by atoms with Crippen molar-refractivity contribution in [2.24, 2.45) is 0 Å². The van der Waals surface area contributed by atoms with Crippen molar-refractivity contribution >= 4 is 46.7 Å². The third kappa shape index (κ3) is 7.03. The summed E-state index contributed by atoms with van der Waals surface area (Å²) in [5.74, 6) is -1.57. The Labute approximate surface area is 274 Å². The van der Waals surface area contributed by atoms with Crippen LogP contribution in [0.1, 0.15) is 54.5 Å². The van der Waals surface area contributed by atoms with Crippen molar-refractivity contribution < 1.29 is 37.4 Å². The lowest BCUT2D eigenvalue weighted by atomic mass is 10.00. The molecule has 0 aliphatic carbocycles. The molecule has 4 amide bonds. The quantitative estimate of drug-likeness (QED) is 0.401. The molecule has 0 unspecified atom stereocenters. The Morgan fingerprint density at radius 2 is 1.67 bits per heavy atom. The molecule has 0 bridgehead atoms. The number of rotatable bonds is 6. The third-order valence-corrected chi connectivity index (χ3v) is 10.7. The van der Waals surface area contributed by atoms with E-state index >= 15 is 0 Å². The highest BCUT2D eigenvalue weighted by Crippen LogP contribution is 2.41. The summed E-state index contributed by atoms with van der Waals surface area (Å²) in [6.07, 6.45) is -2.49. The standard InChI is InChI=1S/C31H37ClF3N5O5S/c32-23-16-19(15-22(27(23)41)31(33,34)35)17-25(28(42)38-10-3-20(4-11-38)37-8-1-2-9-37)45-30(44)39-12-5-21(6-13-39)40-18-26-24(7-14-46-26)36-29(40)43/h7,14-16,20-21,25,41H,1-6,8-13,17-18H2,(H,36,43)/t25-/m1/s1. The van der Waals surface area contributed by atoms with Crippen molar-refractivity contribution in [1.29, 1.82) is 0 Å². The molecule has 46 heavy (non-hydrogen) atoms. The molecule has 10 nitrogen and oxygen atoms in total. The van der Waals surface area contributed by atoms with E-state index in [2.05, 4.69) is 10.2 Å². The zero-order valence-electron chi connectivity index (χ0n) is 25.2. The molecule has 2 aromatic rings. The van der Waals surface area contributed by atoms with Crippen molar-refractivity contribution in [3.05, 3.63) is 44.6 Å². The average Bonchev–Trinajstić information content (AvgIpc) is 3.74. The molecule has 1 atom stereocenters. The highest BCUT2D eigenvalue weighted by Gasteiger charge is 2.39. The van der Waals surface area contributed by atoms with Crippen molar-refractivity contribution in [3.8, 4) is 5.75 Å². The van der Waals surface area contributed by atoms with Gasteiger partial charge in [0.15, 0.2) is 6.10 Å². The van der Waals surface area contributed by atoms with Gasteiger partial charge in [-0.25, -0.2) is 9.59 Å². The first-order chi connectivity index (χ1) is 22.0. The molecule has 4 aliphatic rings. The maximum absolute atomic E-state index is 13.8. The average molecular weight is 684 g/mol. The normalized spacial score (nSPS) is 20.9. The molecule has 250 valence electrons. The van der Waals surface area contributed by atoms with Gasteiger partial charge in [-0.1, -0.05) is 11.6 Å². The Morgan fingerprint density at radius 1 is 1.02 bits per heavy atom.